The average molecular weight is 352 g/mol. The maximum atomic E-state index is 12.6. The number of hydrogen-bond donors (Lipinski definition) is 0. The lowest BCUT2D eigenvalue weighted by molar-refractivity contribution is 0.0782. The molecule has 0 spiro atoms. The fraction of sp³-hybridized carbons (Fsp3) is 0.316. The molecule has 25 heavy (non-hydrogen) atoms. The fourth-order valence-electron chi connectivity index (χ4n) is 3.17. The quantitative estimate of drug-likeness (QED) is 0.716. The number of rotatable bonds is 4. The summed E-state index contributed by atoms with van der Waals surface area (Å²) < 4.78 is 1.82. The highest BCUT2D eigenvalue weighted by Crippen LogP contribution is 2.26. The summed E-state index contributed by atoms with van der Waals surface area (Å²) in [5.41, 5.74) is 2.48. The molecule has 5 nitrogen and oxygen atoms in total. The van der Waals surface area contributed by atoms with Gasteiger partial charge in [0, 0.05) is 30.2 Å². The summed E-state index contributed by atoms with van der Waals surface area (Å²) in [6, 6.07) is 9.96. The third-order valence-corrected chi connectivity index (χ3v) is 5.62. The molecule has 1 fully saturated rings. The zero-order chi connectivity index (χ0) is 17.2. The number of nitrogens with zero attached hydrogens (tertiary/aromatic N) is 4. The molecule has 128 valence electrons. The van der Waals surface area contributed by atoms with Crippen molar-refractivity contribution < 1.29 is 4.79 Å². The molecule has 6 heteroatoms. The average Bonchev–Trinajstić information content (AvgIpc) is 3.41. The SMILES string of the molecule is CCC1CCN(C(=O)c2csc(-c3cnn(-c4ccccc4)c3)n2)C1. The summed E-state index contributed by atoms with van der Waals surface area (Å²) >= 11 is 1.49. The molecule has 1 unspecified atom stereocenters. The molecular weight excluding hydrogens is 332 g/mol. The summed E-state index contributed by atoms with van der Waals surface area (Å²) in [7, 11) is 0. The number of benzene rings is 1. The van der Waals surface area contributed by atoms with Crippen molar-refractivity contribution in [3.8, 4) is 16.3 Å². The van der Waals surface area contributed by atoms with Crippen LogP contribution in [0.25, 0.3) is 16.3 Å². The number of carbonyl (C=O) groups excluding carboxylic acids is 1. The molecule has 0 N–H and O–H groups in total. The molecule has 3 heterocycles. The first-order valence-corrected chi connectivity index (χ1v) is 9.48. The van der Waals surface area contributed by atoms with Gasteiger partial charge < -0.3 is 4.90 Å². The van der Waals surface area contributed by atoms with Crippen LogP contribution in [0.1, 0.15) is 30.3 Å². The molecule has 2 aromatic heterocycles. The van der Waals surface area contributed by atoms with E-state index >= 15 is 0 Å². The van der Waals surface area contributed by atoms with Crippen LogP contribution in [0.5, 0.6) is 0 Å². The topological polar surface area (TPSA) is 51.0 Å². The molecule has 0 bridgehead atoms. The van der Waals surface area contributed by atoms with Gasteiger partial charge in [-0.05, 0) is 24.5 Å². The summed E-state index contributed by atoms with van der Waals surface area (Å²) in [6.45, 7) is 3.88. The Morgan fingerprint density at radius 3 is 2.92 bits per heavy atom. The predicted octanol–water partition coefficient (Wildman–Crippen LogP) is 3.87. The second-order valence-corrected chi connectivity index (χ2v) is 7.22. The van der Waals surface area contributed by atoms with Gasteiger partial charge in [0.25, 0.3) is 5.91 Å². The summed E-state index contributed by atoms with van der Waals surface area (Å²) in [5, 5.41) is 7.09. The Balaban J connectivity index is 1.52. The van der Waals surface area contributed by atoms with Crippen molar-refractivity contribution in [3.63, 3.8) is 0 Å². The van der Waals surface area contributed by atoms with E-state index in [0.29, 0.717) is 11.6 Å². The monoisotopic (exact) mass is 352 g/mol. The second-order valence-electron chi connectivity index (χ2n) is 6.36. The minimum absolute atomic E-state index is 0.0499. The van der Waals surface area contributed by atoms with E-state index in [9.17, 15) is 4.79 Å². The third-order valence-electron chi connectivity index (χ3n) is 4.72. The van der Waals surface area contributed by atoms with Gasteiger partial charge in [0.2, 0.25) is 0 Å². The van der Waals surface area contributed by atoms with E-state index in [-0.39, 0.29) is 5.91 Å². The zero-order valence-corrected chi connectivity index (χ0v) is 14.9. The maximum absolute atomic E-state index is 12.6. The van der Waals surface area contributed by atoms with Crippen LogP contribution in [0.3, 0.4) is 0 Å². The molecule has 1 aliphatic rings. The maximum Gasteiger partial charge on any atom is 0.273 e. The zero-order valence-electron chi connectivity index (χ0n) is 14.1. The highest BCUT2D eigenvalue weighted by atomic mass is 32.1. The molecule has 0 saturated carbocycles. The molecule has 1 amide bonds. The normalized spacial score (nSPS) is 17.2. The lowest BCUT2D eigenvalue weighted by atomic mass is 10.1. The number of thiazole rings is 1. The highest BCUT2D eigenvalue weighted by Gasteiger charge is 2.27. The van der Waals surface area contributed by atoms with Crippen LogP contribution in [0.15, 0.2) is 48.1 Å². The van der Waals surface area contributed by atoms with Crippen LogP contribution < -0.4 is 0 Å². The van der Waals surface area contributed by atoms with Crippen molar-refractivity contribution >= 4 is 17.2 Å². The van der Waals surface area contributed by atoms with Crippen molar-refractivity contribution in [1.82, 2.24) is 19.7 Å². The molecule has 1 aromatic carbocycles. The smallest absolute Gasteiger partial charge is 0.273 e. The second kappa shape index (κ2) is 6.80. The van der Waals surface area contributed by atoms with E-state index in [1.165, 1.54) is 11.3 Å². The van der Waals surface area contributed by atoms with Gasteiger partial charge in [-0.1, -0.05) is 31.5 Å². The number of hydrogen-bond acceptors (Lipinski definition) is 4. The van der Waals surface area contributed by atoms with Crippen LogP contribution in [0.2, 0.25) is 0 Å². The predicted molar refractivity (Wildman–Crippen MR) is 99.0 cm³/mol. The van der Waals surface area contributed by atoms with Gasteiger partial charge in [-0.25, -0.2) is 9.67 Å². The van der Waals surface area contributed by atoms with Crippen LogP contribution in [-0.4, -0.2) is 38.7 Å². The molecule has 0 aliphatic carbocycles. The van der Waals surface area contributed by atoms with Gasteiger partial charge in [-0.15, -0.1) is 11.3 Å². The first-order chi connectivity index (χ1) is 12.2. The standard InChI is InChI=1S/C19H20N4OS/c1-2-14-8-9-22(11-14)19(24)17-13-25-18(21-17)15-10-20-23(12-15)16-6-4-3-5-7-16/h3-7,10,12-14H,2,8-9,11H2,1H3. The Hall–Kier alpha value is -2.47. The van der Waals surface area contributed by atoms with Crippen LogP contribution in [0.4, 0.5) is 0 Å². The van der Waals surface area contributed by atoms with E-state index in [1.54, 1.807) is 6.20 Å². The van der Waals surface area contributed by atoms with Gasteiger partial charge in [-0.3, -0.25) is 4.79 Å². The molecule has 1 aliphatic heterocycles. The minimum atomic E-state index is 0.0499. The third kappa shape index (κ3) is 3.22. The number of carbonyl (C=O) groups is 1. The van der Waals surface area contributed by atoms with Crippen molar-refractivity contribution in [3.05, 3.63) is 53.8 Å². The molecule has 4 rings (SSSR count). The molecular formula is C19H20N4OS. The van der Waals surface area contributed by atoms with E-state index in [1.807, 2.05) is 51.5 Å². The molecule has 1 atom stereocenters. The van der Waals surface area contributed by atoms with Crippen LogP contribution in [0, 0.1) is 5.92 Å². The minimum Gasteiger partial charge on any atom is -0.337 e. The van der Waals surface area contributed by atoms with Crippen LogP contribution >= 0.6 is 11.3 Å². The van der Waals surface area contributed by atoms with E-state index in [0.717, 1.165) is 42.2 Å². The summed E-state index contributed by atoms with van der Waals surface area (Å²) in [6.07, 6.45) is 5.97. The number of para-hydroxylation sites is 1. The summed E-state index contributed by atoms with van der Waals surface area (Å²) in [4.78, 5) is 19.1. The Labute approximate surface area is 150 Å². The highest BCUT2D eigenvalue weighted by molar-refractivity contribution is 7.13. The lowest BCUT2D eigenvalue weighted by Gasteiger charge is -2.14. The van der Waals surface area contributed by atoms with E-state index < -0.39 is 0 Å². The number of likely N-dealkylation sites (tertiary alicyclic amines) is 1. The largest absolute Gasteiger partial charge is 0.337 e. The first-order valence-electron chi connectivity index (χ1n) is 8.60. The Bertz CT molecular complexity index is 870. The lowest BCUT2D eigenvalue weighted by Crippen LogP contribution is -2.28. The number of amides is 1. The van der Waals surface area contributed by atoms with Crippen molar-refractivity contribution in [1.29, 1.82) is 0 Å². The van der Waals surface area contributed by atoms with Crippen molar-refractivity contribution in [2.45, 2.75) is 19.8 Å². The van der Waals surface area contributed by atoms with Gasteiger partial charge >= 0.3 is 0 Å². The van der Waals surface area contributed by atoms with Crippen molar-refractivity contribution in [2.75, 3.05) is 13.1 Å². The van der Waals surface area contributed by atoms with Gasteiger partial charge in [-0.2, -0.15) is 5.10 Å². The summed E-state index contributed by atoms with van der Waals surface area (Å²) in [5.74, 6) is 0.681. The first kappa shape index (κ1) is 16.0. The van der Waals surface area contributed by atoms with E-state index in [2.05, 4.69) is 17.0 Å². The van der Waals surface area contributed by atoms with Gasteiger partial charge in [0.15, 0.2) is 0 Å². The van der Waals surface area contributed by atoms with Gasteiger partial charge in [0.05, 0.1) is 11.9 Å². The molecule has 1 saturated heterocycles. The fourth-order valence-corrected chi connectivity index (χ4v) is 3.94. The Morgan fingerprint density at radius 2 is 2.16 bits per heavy atom. The van der Waals surface area contributed by atoms with E-state index in [4.69, 9.17) is 0 Å². The number of aromatic nitrogens is 3. The van der Waals surface area contributed by atoms with Gasteiger partial charge in [0.1, 0.15) is 10.7 Å². The molecule has 0 radical (unpaired) electrons. The Kier molecular flexibility index (Phi) is 4.36. The molecule has 3 aromatic rings. The van der Waals surface area contributed by atoms with Crippen LogP contribution in [-0.2, 0) is 0 Å². The van der Waals surface area contributed by atoms with Crippen molar-refractivity contribution in [2.24, 2.45) is 5.92 Å². The Morgan fingerprint density at radius 1 is 1.32 bits per heavy atom.